The molecule has 0 amide bonds. The first-order chi connectivity index (χ1) is 10.3. The normalized spacial score (nSPS) is 23.9. The van der Waals surface area contributed by atoms with Gasteiger partial charge in [0.25, 0.3) is 0 Å². The van der Waals surface area contributed by atoms with Crippen LogP contribution in [0.25, 0.3) is 10.9 Å². The molecule has 0 radical (unpaired) electrons. The van der Waals surface area contributed by atoms with Gasteiger partial charge in [0.1, 0.15) is 0 Å². The fourth-order valence-corrected chi connectivity index (χ4v) is 3.33. The maximum atomic E-state index is 10.7. The van der Waals surface area contributed by atoms with E-state index in [1.807, 2.05) is 36.4 Å². The van der Waals surface area contributed by atoms with Gasteiger partial charge in [-0.1, -0.05) is 24.3 Å². The van der Waals surface area contributed by atoms with E-state index in [9.17, 15) is 5.11 Å². The van der Waals surface area contributed by atoms with Gasteiger partial charge in [0.2, 0.25) is 0 Å². The Labute approximate surface area is 125 Å². The van der Waals surface area contributed by atoms with Crippen molar-refractivity contribution in [3.8, 4) is 0 Å². The summed E-state index contributed by atoms with van der Waals surface area (Å²) in [6.07, 6.45) is 5.24. The van der Waals surface area contributed by atoms with E-state index in [0.717, 1.165) is 42.4 Å². The van der Waals surface area contributed by atoms with Gasteiger partial charge in [0.15, 0.2) is 0 Å². The molecule has 3 rings (SSSR count). The molecule has 2 heterocycles. The van der Waals surface area contributed by atoms with E-state index < -0.39 is 6.10 Å². The molecule has 0 aliphatic carbocycles. The van der Waals surface area contributed by atoms with E-state index in [-0.39, 0.29) is 0 Å². The molecule has 1 aliphatic rings. The number of hydrogen-bond donors (Lipinski definition) is 2. The number of piperidine rings is 1. The predicted octanol–water partition coefficient (Wildman–Crippen LogP) is 3.07. The molecule has 3 atom stereocenters. The van der Waals surface area contributed by atoms with Gasteiger partial charge >= 0.3 is 0 Å². The van der Waals surface area contributed by atoms with Crippen LogP contribution < -0.4 is 5.32 Å². The fourth-order valence-electron chi connectivity index (χ4n) is 3.33. The van der Waals surface area contributed by atoms with Crippen LogP contribution in [0.1, 0.15) is 24.5 Å². The second kappa shape index (κ2) is 6.37. The summed E-state index contributed by atoms with van der Waals surface area (Å²) in [4.78, 5) is 4.36. The van der Waals surface area contributed by atoms with Crippen LogP contribution in [0, 0.1) is 11.8 Å². The summed E-state index contributed by atoms with van der Waals surface area (Å²) in [6, 6.07) is 9.94. The van der Waals surface area contributed by atoms with Crippen molar-refractivity contribution in [2.24, 2.45) is 11.8 Å². The number of para-hydroxylation sites is 1. The van der Waals surface area contributed by atoms with Crippen LogP contribution in [-0.4, -0.2) is 23.2 Å². The minimum atomic E-state index is -0.441. The first kappa shape index (κ1) is 14.2. The van der Waals surface area contributed by atoms with Gasteiger partial charge in [0.05, 0.1) is 11.6 Å². The number of aliphatic hydroxyl groups is 1. The largest absolute Gasteiger partial charge is 0.388 e. The lowest BCUT2D eigenvalue weighted by Crippen LogP contribution is -2.36. The number of nitrogens with one attached hydrogen (secondary N) is 1. The Balaban J connectivity index is 1.83. The first-order valence-corrected chi connectivity index (χ1v) is 7.64. The number of aliphatic hydroxyl groups excluding tert-OH is 1. The molecular weight excluding hydrogens is 260 g/mol. The Morgan fingerprint density at radius 1 is 1.38 bits per heavy atom. The highest BCUT2D eigenvalue weighted by atomic mass is 16.3. The molecule has 0 saturated carbocycles. The van der Waals surface area contributed by atoms with E-state index in [0.29, 0.717) is 11.8 Å². The van der Waals surface area contributed by atoms with Gasteiger partial charge in [-0.25, -0.2) is 0 Å². The summed E-state index contributed by atoms with van der Waals surface area (Å²) < 4.78 is 0. The number of fused-ring (bicyclic) bond motifs is 1. The molecule has 110 valence electrons. The van der Waals surface area contributed by atoms with E-state index in [2.05, 4.69) is 16.9 Å². The zero-order chi connectivity index (χ0) is 14.7. The summed E-state index contributed by atoms with van der Waals surface area (Å²) in [7, 11) is 0. The summed E-state index contributed by atoms with van der Waals surface area (Å²) in [5.74, 6) is 0.937. The third-order valence-electron chi connectivity index (χ3n) is 4.55. The van der Waals surface area contributed by atoms with Gasteiger partial charge in [-0.3, -0.25) is 4.98 Å². The van der Waals surface area contributed by atoms with Crippen LogP contribution in [-0.2, 0) is 0 Å². The topological polar surface area (TPSA) is 45.1 Å². The molecule has 1 aromatic carbocycles. The summed E-state index contributed by atoms with van der Waals surface area (Å²) >= 11 is 0. The van der Waals surface area contributed by atoms with Crippen LogP contribution in [0.4, 0.5) is 0 Å². The monoisotopic (exact) mass is 282 g/mol. The van der Waals surface area contributed by atoms with Gasteiger partial charge in [0, 0.05) is 18.1 Å². The molecule has 0 bridgehead atoms. The van der Waals surface area contributed by atoms with Crippen LogP contribution in [0.5, 0.6) is 0 Å². The second-order valence-electron chi connectivity index (χ2n) is 5.82. The lowest BCUT2D eigenvalue weighted by Gasteiger charge is -2.31. The van der Waals surface area contributed by atoms with Gasteiger partial charge in [-0.2, -0.15) is 0 Å². The number of nitrogens with zero attached hydrogens (tertiary/aromatic N) is 1. The molecule has 1 fully saturated rings. The molecule has 2 aromatic rings. The van der Waals surface area contributed by atoms with Gasteiger partial charge < -0.3 is 10.4 Å². The molecule has 21 heavy (non-hydrogen) atoms. The molecule has 3 nitrogen and oxygen atoms in total. The number of rotatable bonds is 4. The van der Waals surface area contributed by atoms with Crippen molar-refractivity contribution in [2.45, 2.75) is 18.9 Å². The predicted molar refractivity (Wildman–Crippen MR) is 86.0 cm³/mol. The summed E-state index contributed by atoms with van der Waals surface area (Å²) in [6.45, 7) is 5.93. The highest BCUT2D eigenvalue weighted by molar-refractivity contribution is 5.82. The first-order valence-electron chi connectivity index (χ1n) is 7.64. The maximum Gasteiger partial charge on any atom is 0.0800 e. The van der Waals surface area contributed by atoms with Crippen LogP contribution >= 0.6 is 0 Å². The molecule has 2 N–H and O–H groups in total. The smallest absolute Gasteiger partial charge is 0.0800 e. The van der Waals surface area contributed by atoms with Crippen LogP contribution in [0.3, 0.4) is 0 Å². The Morgan fingerprint density at radius 2 is 2.24 bits per heavy atom. The number of hydrogen-bond acceptors (Lipinski definition) is 3. The number of aromatic nitrogens is 1. The third-order valence-corrected chi connectivity index (χ3v) is 4.55. The average Bonchev–Trinajstić information content (AvgIpc) is 2.54. The van der Waals surface area contributed by atoms with Crippen molar-refractivity contribution in [3.05, 3.63) is 54.7 Å². The highest BCUT2D eigenvalue weighted by Gasteiger charge is 2.26. The Morgan fingerprint density at radius 3 is 3.10 bits per heavy atom. The second-order valence-corrected chi connectivity index (χ2v) is 5.82. The van der Waals surface area contributed by atoms with E-state index in [1.54, 1.807) is 6.20 Å². The molecule has 1 aromatic heterocycles. The minimum Gasteiger partial charge on any atom is -0.388 e. The number of pyridine rings is 1. The van der Waals surface area contributed by atoms with Gasteiger partial charge in [-0.05, 0) is 48.9 Å². The Kier molecular flexibility index (Phi) is 4.32. The molecular formula is C18H22N2O. The van der Waals surface area contributed by atoms with E-state index in [4.69, 9.17) is 0 Å². The lowest BCUT2D eigenvalue weighted by atomic mass is 9.81. The molecule has 3 heteroatoms. The van der Waals surface area contributed by atoms with Crippen molar-refractivity contribution >= 4 is 10.9 Å². The minimum absolute atomic E-state index is 0.441. The van der Waals surface area contributed by atoms with Crippen LogP contribution in [0.2, 0.25) is 0 Å². The highest BCUT2D eigenvalue weighted by Crippen LogP contribution is 2.32. The van der Waals surface area contributed by atoms with Crippen molar-refractivity contribution in [1.29, 1.82) is 0 Å². The quantitative estimate of drug-likeness (QED) is 0.847. The summed E-state index contributed by atoms with van der Waals surface area (Å²) in [5.41, 5.74) is 1.93. The zero-order valence-corrected chi connectivity index (χ0v) is 12.2. The van der Waals surface area contributed by atoms with E-state index in [1.165, 1.54) is 0 Å². The molecule has 0 spiro atoms. The Hall–Kier alpha value is -1.71. The summed E-state index contributed by atoms with van der Waals surface area (Å²) in [5, 5.41) is 15.1. The zero-order valence-electron chi connectivity index (χ0n) is 12.2. The molecule has 1 saturated heterocycles. The van der Waals surface area contributed by atoms with Gasteiger partial charge in [-0.15, -0.1) is 6.58 Å². The van der Waals surface area contributed by atoms with Crippen molar-refractivity contribution in [2.75, 3.05) is 13.1 Å². The van der Waals surface area contributed by atoms with Crippen molar-refractivity contribution in [1.82, 2.24) is 10.3 Å². The average molecular weight is 282 g/mol. The van der Waals surface area contributed by atoms with Crippen molar-refractivity contribution in [3.63, 3.8) is 0 Å². The maximum absolute atomic E-state index is 10.7. The fraction of sp³-hybridized carbons (Fsp3) is 0.389. The lowest BCUT2D eigenvalue weighted by molar-refractivity contribution is 0.122. The van der Waals surface area contributed by atoms with Crippen LogP contribution in [0.15, 0.2) is 49.2 Å². The molecule has 1 aliphatic heterocycles. The Bertz CT molecular complexity index is 620. The number of benzene rings is 1. The van der Waals surface area contributed by atoms with E-state index >= 15 is 0 Å². The molecule has 2 unspecified atom stereocenters. The third kappa shape index (κ3) is 2.99. The standard InChI is InChI=1S/C18H22N2O/c1-2-13-12-19-9-7-14(13)11-18(21)16-8-10-20-17-6-4-3-5-15(16)17/h2-6,8,10,13-14,18-19,21H,1,7,9,11-12H2/t13?,14?,18-/m1/s1. The van der Waals surface area contributed by atoms with Crippen molar-refractivity contribution < 1.29 is 5.11 Å². The SMILES string of the molecule is C=CC1CNCCC1C[C@@H](O)c1ccnc2ccccc12.